The van der Waals surface area contributed by atoms with E-state index in [-0.39, 0.29) is 11.7 Å². The highest BCUT2D eigenvalue weighted by atomic mass is 32.1. The summed E-state index contributed by atoms with van der Waals surface area (Å²) in [5.41, 5.74) is 2.66. The molecule has 1 saturated heterocycles. The lowest BCUT2D eigenvalue weighted by molar-refractivity contribution is 0.101. The maximum Gasteiger partial charge on any atom is 0.295 e. The molecule has 8 heteroatoms. The molecule has 162 valence electrons. The topological polar surface area (TPSA) is 66.3 Å². The van der Waals surface area contributed by atoms with Crippen LogP contribution >= 0.6 is 11.3 Å². The second-order valence-electron chi connectivity index (χ2n) is 7.75. The van der Waals surface area contributed by atoms with Crippen molar-refractivity contribution in [1.82, 2.24) is 19.7 Å². The van der Waals surface area contributed by atoms with Crippen molar-refractivity contribution in [2.45, 2.75) is 0 Å². The Morgan fingerprint density at radius 2 is 1.69 bits per heavy atom. The van der Waals surface area contributed by atoms with E-state index in [9.17, 15) is 4.79 Å². The first-order valence-electron chi connectivity index (χ1n) is 10.6. The number of anilines is 2. The van der Waals surface area contributed by atoms with E-state index < -0.39 is 0 Å². The molecule has 3 heterocycles. The molecule has 1 fully saturated rings. The third-order valence-corrected chi connectivity index (χ3v) is 6.41. The van der Waals surface area contributed by atoms with Crippen molar-refractivity contribution >= 4 is 28.6 Å². The normalized spacial score (nSPS) is 14.5. The van der Waals surface area contributed by atoms with Gasteiger partial charge in [0.1, 0.15) is 0 Å². The van der Waals surface area contributed by atoms with Crippen molar-refractivity contribution in [2.75, 3.05) is 43.4 Å². The summed E-state index contributed by atoms with van der Waals surface area (Å²) in [4.78, 5) is 23.4. The molecule has 5 rings (SSSR count). The molecule has 0 aliphatic carbocycles. The fourth-order valence-electron chi connectivity index (χ4n) is 3.80. The van der Waals surface area contributed by atoms with Gasteiger partial charge in [-0.15, -0.1) is 16.4 Å². The minimum Gasteiger partial charge on any atom is -0.367 e. The largest absolute Gasteiger partial charge is 0.367 e. The van der Waals surface area contributed by atoms with Crippen molar-refractivity contribution < 1.29 is 4.79 Å². The molecule has 0 saturated carbocycles. The molecule has 0 atom stereocenters. The highest BCUT2D eigenvalue weighted by Gasteiger charge is 2.22. The van der Waals surface area contributed by atoms with Crippen LogP contribution in [0.15, 0.2) is 72.1 Å². The summed E-state index contributed by atoms with van der Waals surface area (Å²) in [5, 5.41) is 9.60. The van der Waals surface area contributed by atoms with E-state index in [0.717, 1.165) is 48.1 Å². The Morgan fingerprint density at radius 1 is 0.938 bits per heavy atom. The fraction of sp³-hybridized carbons (Fsp3) is 0.208. The Labute approximate surface area is 190 Å². The van der Waals surface area contributed by atoms with Crippen molar-refractivity contribution in [2.24, 2.45) is 0 Å². The van der Waals surface area contributed by atoms with E-state index in [2.05, 4.69) is 32.2 Å². The Morgan fingerprint density at radius 3 is 2.44 bits per heavy atom. The van der Waals surface area contributed by atoms with Gasteiger partial charge in [0.05, 0.1) is 21.9 Å². The maximum atomic E-state index is 13.2. The maximum absolute atomic E-state index is 13.2. The van der Waals surface area contributed by atoms with Crippen LogP contribution in [0.4, 0.5) is 11.4 Å². The standard InChI is InChI=1S/C24H24N6OS/c1-28-13-15-29(16-14-28)20-11-6-5-10-19(20)25-24(31)22-26-23(21-12-7-17-32-21)30(27-22)18-8-3-2-4-9-18/h2-12,17H,13-16H2,1H3,(H,25,31). The van der Waals surface area contributed by atoms with Gasteiger partial charge in [0.25, 0.3) is 5.91 Å². The molecular formula is C24H24N6OS. The predicted octanol–water partition coefficient (Wildman–Crippen LogP) is 4.00. The molecule has 1 aliphatic heterocycles. The summed E-state index contributed by atoms with van der Waals surface area (Å²) in [6.07, 6.45) is 0. The number of carbonyl (C=O) groups is 1. The SMILES string of the molecule is CN1CCN(c2ccccc2NC(=O)c2nc(-c3cccs3)n(-c3ccccc3)n2)CC1. The predicted molar refractivity (Wildman–Crippen MR) is 129 cm³/mol. The van der Waals surface area contributed by atoms with Crippen LogP contribution in [0.1, 0.15) is 10.6 Å². The minimum atomic E-state index is -0.320. The molecule has 7 nitrogen and oxygen atoms in total. The molecule has 0 unspecified atom stereocenters. The first kappa shape index (κ1) is 20.4. The van der Waals surface area contributed by atoms with Crippen molar-refractivity contribution in [3.63, 3.8) is 0 Å². The zero-order chi connectivity index (χ0) is 21.9. The van der Waals surface area contributed by atoms with Crippen LogP contribution in [0.25, 0.3) is 16.4 Å². The van der Waals surface area contributed by atoms with Crippen LogP contribution in [-0.2, 0) is 0 Å². The molecule has 1 aliphatic rings. The number of aromatic nitrogens is 3. The molecule has 0 bridgehead atoms. The first-order valence-corrected chi connectivity index (χ1v) is 11.5. The summed E-state index contributed by atoms with van der Waals surface area (Å²) in [6.45, 7) is 3.84. The lowest BCUT2D eigenvalue weighted by Crippen LogP contribution is -2.44. The van der Waals surface area contributed by atoms with Gasteiger partial charge in [-0.25, -0.2) is 9.67 Å². The molecule has 2 aromatic carbocycles. The quantitative estimate of drug-likeness (QED) is 0.504. The van der Waals surface area contributed by atoms with E-state index in [0.29, 0.717) is 5.82 Å². The molecular weight excluding hydrogens is 420 g/mol. The summed E-state index contributed by atoms with van der Waals surface area (Å²) < 4.78 is 1.73. The van der Waals surface area contributed by atoms with Gasteiger partial charge >= 0.3 is 0 Å². The van der Waals surface area contributed by atoms with Crippen LogP contribution in [0.2, 0.25) is 0 Å². The lowest BCUT2D eigenvalue weighted by Gasteiger charge is -2.35. The van der Waals surface area contributed by atoms with Gasteiger partial charge in [0.2, 0.25) is 5.82 Å². The second-order valence-corrected chi connectivity index (χ2v) is 8.69. The van der Waals surface area contributed by atoms with Crippen LogP contribution in [0.3, 0.4) is 0 Å². The van der Waals surface area contributed by atoms with Crippen LogP contribution in [0.5, 0.6) is 0 Å². The summed E-state index contributed by atoms with van der Waals surface area (Å²) in [5.74, 6) is 0.480. The van der Waals surface area contributed by atoms with Gasteiger partial charge in [-0.3, -0.25) is 4.79 Å². The Bertz CT molecular complexity index is 1200. The van der Waals surface area contributed by atoms with Crippen molar-refractivity contribution in [1.29, 1.82) is 0 Å². The van der Waals surface area contributed by atoms with Crippen molar-refractivity contribution in [3.8, 4) is 16.4 Å². The van der Waals surface area contributed by atoms with E-state index in [4.69, 9.17) is 0 Å². The van der Waals surface area contributed by atoms with E-state index in [1.54, 1.807) is 16.0 Å². The highest BCUT2D eigenvalue weighted by molar-refractivity contribution is 7.13. The molecule has 4 aromatic rings. The molecule has 0 radical (unpaired) electrons. The Balaban J connectivity index is 1.45. The molecule has 0 spiro atoms. The number of thiophene rings is 1. The minimum absolute atomic E-state index is 0.144. The molecule has 32 heavy (non-hydrogen) atoms. The smallest absolute Gasteiger partial charge is 0.295 e. The average Bonchev–Trinajstić information content (AvgIpc) is 3.51. The second kappa shape index (κ2) is 8.94. The fourth-order valence-corrected chi connectivity index (χ4v) is 4.50. The van der Waals surface area contributed by atoms with Crippen molar-refractivity contribution in [3.05, 3.63) is 77.9 Å². The van der Waals surface area contributed by atoms with Gasteiger partial charge in [-0.2, -0.15) is 0 Å². The zero-order valence-electron chi connectivity index (χ0n) is 17.8. The number of hydrogen-bond acceptors (Lipinski definition) is 6. The van der Waals surface area contributed by atoms with E-state index in [1.807, 2.05) is 72.1 Å². The number of likely N-dealkylation sites (N-methyl/N-ethyl adjacent to an activating group) is 1. The summed E-state index contributed by atoms with van der Waals surface area (Å²) in [7, 11) is 2.13. The number of carbonyl (C=O) groups excluding carboxylic acids is 1. The summed E-state index contributed by atoms with van der Waals surface area (Å²) >= 11 is 1.57. The number of piperazine rings is 1. The van der Waals surface area contributed by atoms with Gasteiger partial charge in [-0.1, -0.05) is 36.4 Å². The molecule has 2 aromatic heterocycles. The zero-order valence-corrected chi connectivity index (χ0v) is 18.6. The number of nitrogens with zero attached hydrogens (tertiary/aromatic N) is 5. The third kappa shape index (κ3) is 4.15. The van der Waals surface area contributed by atoms with E-state index >= 15 is 0 Å². The van der Waals surface area contributed by atoms with Gasteiger partial charge < -0.3 is 15.1 Å². The van der Waals surface area contributed by atoms with Crippen LogP contribution in [0, 0.1) is 0 Å². The number of para-hydroxylation sites is 3. The highest BCUT2D eigenvalue weighted by Crippen LogP contribution is 2.28. The van der Waals surface area contributed by atoms with Gasteiger partial charge in [0.15, 0.2) is 5.82 Å². The van der Waals surface area contributed by atoms with Crippen LogP contribution in [-0.4, -0.2) is 58.8 Å². The Kier molecular flexibility index (Phi) is 5.70. The Hall–Kier alpha value is -3.49. The molecule has 1 amide bonds. The number of rotatable bonds is 5. The number of benzene rings is 2. The monoisotopic (exact) mass is 444 g/mol. The molecule has 1 N–H and O–H groups in total. The number of hydrogen-bond donors (Lipinski definition) is 1. The van der Waals surface area contributed by atoms with Crippen LogP contribution < -0.4 is 10.2 Å². The number of nitrogens with one attached hydrogen (secondary N) is 1. The first-order chi connectivity index (χ1) is 15.7. The van der Waals surface area contributed by atoms with E-state index in [1.165, 1.54) is 0 Å². The third-order valence-electron chi connectivity index (χ3n) is 5.55. The lowest BCUT2D eigenvalue weighted by atomic mass is 10.2. The number of amides is 1. The average molecular weight is 445 g/mol. The van der Waals surface area contributed by atoms with Gasteiger partial charge in [-0.05, 0) is 42.8 Å². The summed E-state index contributed by atoms with van der Waals surface area (Å²) in [6, 6.07) is 21.6. The van der Waals surface area contributed by atoms with Gasteiger partial charge in [0, 0.05) is 26.2 Å².